The number of hydrogen-bond donors (Lipinski definition) is 0. The van der Waals surface area contributed by atoms with Crippen LogP contribution in [0.1, 0.15) is 44.9 Å². The zero-order valence-electron chi connectivity index (χ0n) is 11.5. The second-order valence-corrected chi connectivity index (χ2v) is 8.64. The third-order valence-corrected chi connectivity index (χ3v) is 5.58. The van der Waals surface area contributed by atoms with Gasteiger partial charge in [-0.05, 0) is 35.2 Å². The summed E-state index contributed by atoms with van der Waals surface area (Å²) in [5.74, 6) is 3.91. The molecule has 3 rings (SSSR count). The Bertz CT molecular complexity index is 474. The molecule has 1 aliphatic carbocycles. The molecular weight excluding hydrogens is 322 g/mol. The highest BCUT2D eigenvalue weighted by molar-refractivity contribution is 9.10. The Balaban J connectivity index is 1.81. The molecule has 0 spiro atoms. The van der Waals surface area contributed by atoms with Crippen molar-refractivity contribution in [1.29, 1.82) is 0 Å². The predicted octanol–water partition coefficient (Wildman–Crippen LogP) is 3.84. The maximum atomic E-state index is 4.78. The Morgan fingerprint density at radius 3 is 2.84 bits per heavy atom. The van der Waals surface area contributed by atoms with Gasteiger partial charge in [0.05, 0.1) is 0 Å². The highest BCUT2D eigenvalue weighted by atomic mass is 79.9. The molecule has 3 nitrogen and oxygen atoms in total. The number of aromatic nitrogens is 2. The molecule has 0 radical (unpaired) electrons. The van der Waals surface area contributed by atoms with E-state index in [-0.39, 0.29) is 0 Å². The van der Waals surface area contributed by atoms with E-state index in [2.05, 4.69) is 57.5 Å². The molecule has 0 bridgehead atoms. The average molecular weight is 342 g/mol. The number of thioether (sulfide) groups is 1. The zero-order valence-corrected chi connectivity index (χ0v) is 13.9. The van der Waals surface area contributed by atoms with Crippen molar-refractivity contribution in [3.05, 3.63) is 16.5 Å². The maximum absolute atomic E-state index is 4.78. The third-order valence-electron chi connectivity index (χ3n) is 3.80. The molecule has 1 saturated carbocycles. The lowest BCUT2D eigenvalue weighted by Gasteiger charge is -2.23. The lowest BCUT2D eigenvalue weighted by molar-refractivity contribution is 0.633. The fourth-order valence-electron chi connectivity index (χ4n) is 2.36. The molecule has 1 aromatic rings. The monoisotopic (exact) mass is 341 g/mol. The molecule has 1 saturated heterocycles. The predicted molar refractivity (Wildman–Crippen MR) is 85.1 cm³/mol. The summed E-state index contributed by atoms with van der Waals surface area (Å²) in [7, 11) is 0. The average Bonchev–Trinajstić information content (AvgIpc) is 3.15. The molecule has 0 unspecified atom stereocenters. The lowest BCUT2D eigenvalue weighted by atomic mass is 10.1. The minimum atomic E-state index is 0.387. The van der Waals surface area contributed by atoms with Crippen molar-refractivity contribution in [3.63, 3.8) is 0 Å². The third kappa shape index (κ3) is 3.43. The quantitative estimate of drug-likeness (QED) is 0.764. The van der Waals surface area contributed by atoms with E-state index >= 15 is 0 Å². The fraction of sp³-hybridized carbons (Fsp3) is 0.714. The molecule has 2 heterocycles. The first kappa shape index (κ1) is 13.7. The Morgan fingerprint density at radius 1 is 1.32 bits per heavy atom. The molecular formula is C14H20BrN3S. The minimum absolute atomic E-state index is 0.387. The second kappa shape index (κ2) is 5.24. The van der Waals surface area contributed by atoms with Crippen LogP contribution in [0.15, 0.2) is 10.7 Å². The summed E-state index contributed by atoms with van der Waals surface area (Å²) in [6.45, 7) is 6.86. The highest BCUT2D eigenvalue weighted by Gasteiger charge is 2.29. The van der Waals surface area contributed by atoms with E-state index in [1.165, 1.54) is 25.0 Å². The molecule has 0 atom stereocenters. The second-order valence-electron chi connectivity index (χ2n) is 6.03. The summed E-state index contributed by atoms with van der Waals surface area (Å²) in [4.78, 5) is 11.7. The van der Waals surface area contributed by atoms with Gasteiger partial charge in [0.1, 0.15) is 16.2 Å². The van der Waals surface area contributed by atoms with Crippen LogP contribution in [-0.2, 0) is 0 Å². The van der Waals surface area contributed by atoms with Gasteiger partial charge in [-0.3, -0.25) is 0 Å². The van der Waals surface area contributed by atoms with Crippen molar-refractivity contribution >= 4 is 33.5 Å². The molecule has 0 amide bonds. The van der Waals surface area contributed by atoms with Crippen molar-refractivity contribution in [2.45, 2.75) is 43.8 Å². The van der Waals surface area contributed by atoms with Crippen LogP contribution in [0.4, 0.5) is 5.82 Å². The van der Waals surface area contributed by atoms with Gasteiger partial charge in [0, 0.05) is 35.6 Å². The molecule has 0 N–H and O–H groups in total. The molecule has 2 fully saturated rings. The van der Waals surface area contributed by atoms with Crippen molar-refractivity contribution in [2.24, 2.45) is 0 Å². The van der Waals surface area contributed by atoms with E-state index < -0.39 is 0 Å². The summed E-state index contributed by atoms with van der Waals surface area (Å²) in [6, 6.07) is 2.06. The van der Waals surface area contributed by atoms with Crippen molar-refractivity contribution in [1.82, 2.24) is 9.97 Å². The van der Waals surface area contributed by atoms with E-state index in [0.29, 0.717) is 10.7 Å². The van der Waals surface area contributed by atoms with Crippen molar-refractivity contribution < 1.29 is 0 Å². The summed E-state index contributed by atoms with van der Waals surface area (Å²) < 4.78 is 1.31. The molecule has 1 aliphatic heterocycles. The van der Waals surface area contributed by atoms with Gasteiger partial charge in [-0.25, -0.2) is 9.97 Å². The molecule has 19 heavy (non-hydrogen) atoms. The molecule has 104 valence electrons. The number of nitrogens with zero attached hydrogens (tertiary/aromatic N) is 3. The van der Waals surface area contributed by atoms with Crippen LogP contribution in [0.25, 0.3) is 0 Å². The Kier molecular flexibility index (Phi) is 3.78. The smallest absolute Gasteiger partial charge is 0.135 e. The van der Waals surface area contributed by atoms with Crippen LogP contribution in [0.5, 0.6) is 0 Å². The molecule has 2 aliphatic rings. The summed E-state index contributed by atoms with van der Waals surface area (Å²) in [5, 5.41) is 0. The van der Waals surface area contributed by atoms with Crippen LogP contribution in [0.2, 0.25) is 0 Å². The number of anilines is 1. The van der Waals surface area contributed by atoms with Crippen LogP contribution < -0.4 is 4.90 Å². The van der Waals surface area contributed by atoms with Crippen LogP contribution in [0, 0.1) is 0 Å². The van der Waals surface area contributed by atoms with E-state index in [1.54, 1.807) is 0 Å². The zero-order chi connectivity index (χ0) is 13.5. The SMILES string of the molecule is CC1(C)CCN(c2cc(Br)nc(C3CC3)n2)CCS1. The fourth-order valence-corrected chi connectivity index (χ4v) is 3.84. The minimum Gasteiger partial charge on any atom is -0.356 e. The number of rotatable bonds is 2. The van der Waals surface area contributed by atoms with Gasteiger partial charge in [0.2, 0.25) is 0 Å². The summed E-state index contributed by atoms with van der Waals surface area (Å²) in [5.41, 5.74) is 0. The Morgan fingerprint density at radius 2 is 2.11 bits per heavy atom. The first-order valence-electron chi connectivity index (χ1n) is 6.97. The highest BCUT2D eigenvalue weighted by Crippen LogP contribution is 2.39. The van der Waals surface area contributed by atoms with Crippen LogP contribution >= 0.6 is 27.7 Å². The van der Waals surface area contributed by atoms with Gasteiger partial charge in [0.25, 0.3) is 0 Å². The van der Waals surface area contributed by atoms with E-state index in [0.717, 1.165) is 29.3 Å². The first-order valence-corrected chi connectivity index (χ1v) is 8.75. The van der Waals surface area contributed by atoms with Crippen molar-refractivity contribution in [3.8, 4) is 0 Å². The van der Waals surface area contributed by atoms with Crippen LogP contribution in [-0.4, -0.2) is 33.6 Å². The van der Waals surface area contributed by atoms with E-state index in [1.807, 2.05) is 0 Å². The van der Waals surface area contributed by atoms with Gasteiger partial charge in [-0.2, -0.15) is 11.8 Å². The lowest BCUT2D eigenvalue weighted by Crippen LogP contribution is -2.28. The Labute approximate surface area is 127 Å². The topological polar surface area (TPSA) is 29.0 Å². The van der Waals surface area contributed by atoms with Crippen LogP contribution in [0.3, 0.4) is 0 Å². The van der Waals surface area contributed by atoms with Gasteiger partial charge in [0.15, 0.2) is 0 Å². The Hall–Kier alpha value is -0.290. The van der Waals surface area contributed by atoms with E-state index in [9.17, 15) is 0 Å². The molecule has 0 aromatic carbocycles. The largest absolute Gasteiger partial charge is 0.356 e. The normalized spacial score (nSPS) is 23.2. The summed E-state index contributed by atoms with van der Waals surface area (Å²) >= 11 is 5.60. The first-order chi connectivity index (χ1) is 9.03. The van der Waals surface area contributed by atoms with Gasteiger partial charge in [-0.15, -0.1) is 0 Å². The summed E-state index contributed by atoms with van der Waals surface area (Å²) in [6.07, 6.45) is 3.70. The van der Waals surface area contributed by atoms with Gasteiger partial charge < -0.3 is 4.90 Å². The van der Waals surface area contributed by atoms with Crippen molar-refractivity contribution in [2.75, 3.05) is 23.7 Å². The van der Waals surface area contributed by atoms with E-state index in [4.69, 9.17) is 4.98 Å². The maximum Gasteiger partial charge on any atom is 0.135 e. The number of hydrogen-bond acceptors (Lipinski definition) is 4. The standard InChI is InChI=1S/C14H20BrN3S/c1-14(2)5-6-18(7-8-19-14)12-9-11(15)16-13(17-12)10-3-4-10/h9-10H,3-8H2,1-2H3. The molecule has 1 aromatic heterocycles. The molecule has 5 heteroatoms. The number of halogens is 1. The van der Waals surface area contributed by atoms with Gasteiger partial charge in [-0.1, -0.05) is 13.8 Å². The van der Waals surface area contributed by atoms with Gasteiger partial charge >= 0.3 is 0 Å².